The van der Waals surface area contributed by atoms with Gasteiger partial charge in [-0.1, -0.05) is 73.5 Å². The summed E-state index contributed by atoms with van der Waals surface area (Å²) < 4.78 is 0. The molecule has 0 radical (unpaired) electrons. The molecule has 0 rings (SSSR count). The first-order chi connectivity index (χ1) is 8.60. The lowest BCUT2D eigenvalue weighted by Gasteiger charge is -2.46. The monoisotopic (exact) mass is 264 g/mol. The van der Waals surface area contributed by atoms with Crippen LogP contribution in [0.1, 0.15) is 74.1 Å². The third-order valence-corrected chi connectivity index (χ3v) is 6.01. The summed E-state index contributed by atoms with van der Waals surface area (Å²) in [6, 6.07) is 0. The third kappa shape index (κ3) is 4.23. The zero-order chi connectivity index (χ0) is 15.3. The van der Waals surface area contributed by atoms with Crippen LogP contribution in [0.15, 0.2) is 25.3 Å². The van der Waals surface area contributed by atoms with E-state index in [1.807, 2.05) is 0 Å². The second-order valence-corrected chi connectivity index (χ2v) is 7.67. The van der Waals surface area contributed by atoms with Crippen LogP contribution in [0.2, 0.25) is 0 Å². The zero-order valence-corrected chi connectivity index (χ0v) is 14.5. The van der Waals surface area contributed by atoms with Crippen molar-refractivity contribution in [3.8, 4) is 0 Å². The Labute approximate surface area is 122 Å². The van der Waals surface area contributed by atoms with E-state index in [-0.39, 0.29) is 10.8 Å². The molecule has 112 valence electrons. The molecule has 1 unspecified atom stereocenters. The largest absolute Gasteiger partial charge is 0.103 e. The van der Waals surface area contributed by atoms with E-state index in [1.54, 1.807) is 0 Å². The van der Waals surface area contributed by atoms with Crippen molar-refractivity contribution >= 4 is 0 Å². The summed E-state index contributed by atoms with van der Waals surface area (Å²) in [4.78, 5) is 0. The second kappa shape index (κ2) is 6.77. The molecule has 0 fully saturated rings. The predicted octanol–water partition coefficient (Wildman–Crippen LogP) is 6.63. The number of allylic oxidation sites excluding steroid dienone is 2. The van der Waals surface area contributed by atoms with Gasteiger partial charge in [-0.2, -0.15) is 0 Å². The van der Waals surface area contributed by atoms with E-state index >= 15 is 0 Å². The van der Waals surface area contributed by atoms with Gasteiger partial charge in [-0.25, -0.2) is 0 Å². The van der Waals surface area contributed by atoms with Gasteiger partial charge in [0, 0.05) is 0 Å². The Morgan fingerprint density at radius 1 is 0.895 bits per heavy atom. The molecule has 0 heteroatoms. The molecule has 19 heavy (non-hydrogen) atoms. The Kier molecular flexibility index (Phi) is 6.59. The molecule has 0 N–H and O–H groups in total. The maximum atomic E-state index is 4.12. The Balaban J connectivity index is 5.16. The van der Waals surface area contributed by atoms with E-state index < -0.39 is 0 Å². The molecule has 0 aromatic rings. The van der Waals surface area contributed by atoms with Gasteiger partial charge in [0.25, 0.3) is 0 Å². The van der Waals surface area contributed by atoms with Crippen molar-refractivity contribution in [3.05, 3.63) is 25.3 Å². The van der Waals surface area contributed by atoms with Gasteiger partial charge in [0.15, 0.2) is 0 Å². The highest BCUT2D eigenvalue weighted by Crippen LogP contribution is 2.50. The second-order valence-electron chi connectivity index (χ2n) is 7.67. The number of rotatable bonds is 9. The van der Waals surface area contributed by atoms with Crippen molar-refractivity contribution in [2.24, 2.45) is 22.2 Å². The molecule has 0 amide bonds. The molecular formula is C19H36. The van der Waals surface area contributed by atoms with Crippen LogP contribution >= 0.6 is 0 Å². The van der Waals surface area contributed by atoms with Crippen molar-refractivity contribution in [1.29, 1.82) is 0 Å². The van der Waals surface area contributed by atoms with E-state index in [9.17, 15) is 0 Å². The van der Waals surface area contributed by atoms with E-state index in [2.05, 4.69) is 73.8 Å². The van der Waals surface area contributed by atoms with Crippen LogP contribution in [-0.4, -0.2) is 0 Å². The highest BCUT2D eigenvalue weighted by atomic mass is 14.5. The van der Waals surface area contributed by atoms with Crippen LogP contribution in [0.4, 0.5) is 0 Å². The molecule has 0 heterocycles. The lowest BCUT2D eigenvalue weighted by atomic mass is 9.58. The van der Waals surface area contributed by atoms with Gasteiger partial charge in [0.1, 0.15) is 0 Å². The average molecular weight is 264 g/mol. The van der Waals surface area contributed by atoms with Gasteiger partial charge in [0.05, 0.1) is 0 Å². The number of hydrogen-bond donors (Lipinski definition) is 0. The van der Waals surface area contributed by atoms with Gasteiger partial charge in [-0.3, -0.25) is 0 Å². The fraction of sp³-hybridized carbons (Fsp3) is 0.789. The first kappa shape index (κ1) is 18.5. The minimum absolute atomic E-state index is 0.276. The first-order valence-electron chi connectivity index (χ1n) is 7.83. The minimum atomic E-state index is 0.276. The molecule has 0 spiro atoms. The van der Waals surface area contributed by atoms with E-state index in [0.29, 0.717) is 11.3 Å². The van der Waals surface area contributed by atoms with Crippen LogP contribution in [0.25, 0.3) is 0 Å². The van der Waals surface area contributed by atoms with E-state index in [1.165, 1.54) is 19.3 Å². The fourth-order valence-corrected chi connectivity index (χ4v) is 2.85. The molecule has 0 aromatic carbocycles. The highest BCUT2D eigenvalue weighted by molar-refractivity contribution is 4.99. The molecule has 0 saturated carbocycles. The van der Waals surface area contributed by atoms with Gasteiger partial charge in [0.2, 0.25) is 0 Å². The summed E-state index contributed by atoms with van der Waals surface area (Å²) in [5.41, 5.74) is 0.938. The van der Waals surface area contributed by atoms with Gasteiger partial charge >= 0.3 is 0 Å². The molecule has 0 aromatic heterocycles. The molecule has 0 aliphatic rings. The Morgan fingerprint density at radius 3 is 1.68 bits per heavy atom. The first-order valence-corrected chi connectivity index (χ1v) is 7.83. The normalized spacial score (nSPS) is 15.1. The zero-order valence-electron chi connectivity index (χ0n) is 14.5. The quantitative estimate of drug-likeness (QED) is 0.410. The van der Waals surface area contributed by atoms with Crippen molar-refractivity contribution in [1.82, 2.24) is 0 Å². The Hall–Kier alpha value is -0.520. The van der Waals surface area contributed by atoms with Crippen LogP contribution in [0, 0.1) is 22.2 Å². The van der Waals surface area contributed by atoms with Crippen LogP contribution < -0.4 is 0 Å². The van der Waals surface area contributed by atoms with Crippen molar-refractivity contribution in [2.75, 3.05) is 0 Å². The predicted molar refractivity (Wildman–Crippen MR) is 89.4 cm³/mol. The van der Waals surface area contributed by atoms with Crippen molar-refractivity contribution in [3.63, 3.8) is 0 Å². The molecule has 0 aliphatic heterocycles. The maximum Gasteiger partial charge on any atom is -0.0177 e. The molecule has 0 bridgehead atoms. The average Bonchev–Trinajstić information content (AvgIpc) is 2.34. The topological polar surface area (TPSA) is 0 Å². The van der Waals surface area contributed by atoms with Crippen LogP contribution in [0.3, 0.4) is 0 Å². The van der Waals surface area contributed by atoms with Crippen molar-refractivity contribution in [2.45, 2.75) is 74.1 Å². The standard InChI is InChI=1S/C19H36/c1-10-14-17(5,6)18(7,8)15-16(11-2)19(9,12-3)13-4/h10-11,16H,1-2,12-15H2,3-9H3. The summed E-state index contributed by atoms with van der Waals surface area (Å²) in [6.07, 6.45) is 8.97. The summed E-state index contributed by atoms with van der Waals surface area (Å²) in [5.74, 6) is 0.585. The van der Waals surface area contributed by atoms with Gasteiger partial charge < -0.3 is 0 Å². The van der Waals surface area contributed by atoms with E-state index in [0.717, 1.165) is 6.42 Å². The Bertz CT molecular complexity index is 289. The van der Waals surface area contributed by atoms with Gasteiger partial charge in [-0.15, -0.1) is 13.2 Å². The summed E-state index contributed by atoms with van der Waals surface area (Å²) in [6.45, 7) is 24.6. The lowest BCUT2D eigenvalue weighted by Crippen LogP contribution is -2.37. The van der Waals surface area contributed by atoms with Crippen LogP contribution in [0.5, 0.6) is 0 Å². The minimum Gasteiger partial charge on any atom is -0.103 e. The third-order valence-electron chi connectivity index (χ3n) is 6.01. The molecular weight excluding hydrogens is 228 g/mol. The summed E-state index contributed by atoms with van der Waals surface area (Å²) in [5, 5.41) is 0. The smallest absolute Gasteiger partial charge is 0.0177 e. The highest BCUT2D eigenvalue weighted by Gasteiger charge is 2.40. The fourth-order valence-electron chi connectivity index (χ4n) is 2.85. The van der Waals surface area contributed by atoms with Crippen LogP contribution in [-0.2, 0) is 0 Å². The lowest BCUT2D eigenvalue weighted by molar-refractivity contribution is 0.0528. The molecule has 0 saturated heterocycles. The molecule has 0 nitrogen and oxygen atoms in total. The maximum absolute atomic E-state index is 4.12. The summed E-state index contributed by atoms with van der Waals surface area (Å²) >= 11 is 0. The molecule has 0 aliphatic carbocycles. The number of hydrogen-bond acceptors (Lipinski definition) is 0. The van der Waals surface area contributed by atoms with Gasteiger partial charge in [-0.05, 0) is 35.0 Å². The Morgan fingerprint density at radius 2 is 1.37 bits per heavy atom. The van der Waals surface area contributed by atoms with E-state index in [4.69, 9.17) is 0 Å². The van der Waals surface area contributed by atoms with Crippen molar-refractivity contribution < 1.29 is 0 Å². The SMILES string of the molecule is C=CCC(C)(C)C(C)(C)CC(C=C)C(C)(CC)CC. The molecule has 1 atom stereocenters. The summed E-state index contributed by atoms with van der Waals surface area (Å²) in [7, 11) is 0.